The molecule has 152 valence electrons. The number of methoxy groups -OCH3 is 1. The Balaban J connectivity index is 1.26. The molecule has 8 nitrogen and oxygen atoms in total. The molecule has 0 radical (unpaired) electrons. The van der Waals surface area contributed by atoms with Crippen LogP contribution in [0.3, 0.4) is 0 Å². The minimum Gasteiger partial charge on any atom is -0.497 e. The number of anilines is 1. The lowest BCUT2D eigenvalue weighted by Crippen LogP contribution is -2.45. The van der Waals surface area contributed by atoms with Gasteiger partial charge >= 0.3 is 0 Å². The standard InChI is InChI=1S/C20H23N5O3S/c1-27-16-6-4-15(5-7-16)21-19(26)20-23-22-18(29-20)14-25-10-8-24(9-11-25)13-17-3-2-12-28-17/h2-7,12H,8-11,13-14H2,1H3,(H,21,26). The van der Waals surface area contributed by atoms with Crippen LogP contribution in [0.2, 0.25) is 0 Å². The molecule has 9 heteroatoms. The zero-order chi connectivity index (χ0) is 20.1. The van der Waals surface area contributed by atoms with Gasteiger partial charge in [-0.05, 0) is 36.4 Å². The average Bonchev–Trinajstić information content (AvgIpc) is 3.42. The summed E-state index contributed by atoms with van der Waals surface area (Å²) >= 11 is 1.34. The van der Waals surface area contributed by atoms with Gasteiger partial charge in [0.1, 0.15) is 16.5 Å². The lowest BCUT2D eigenvalue weighted by atomic mass is 10.3. The largest absolute Gasteiger partial charge is 0.497 e. The van der Waals surface area contributed by atoms with Crippen LogP contribution in [-0.4, -0.2) is 59.2 Å². The molecule has 3 aromatic rings. The fourth-order valence-electron chi connectivity index (χ4n) is 3.19. The Kier molecular flexibility index (Phi) is 6.18. The van der Waals surface area contributed by atoms with Crippen molar-refractivity contribution >= 4 is 22.9 Å². The molecule has 1 aliphatic heterocycles. The zero-order valence-corrected chi connectivity index (χ0v) is 17.0. The van der Waals surface area contributed by atoms with Crippen LogP contribution >= 0.6 is 11.3 Å². The van der Waals surface area contributed by atoms with E-state index in [4.69, 9.17) is 9.15 Å². The molecule has 2 aromatic heterocycles. The van der Waals surface area contributed by atoms with Crippen molar-refractivity contribution in [1.82, 2.24) is 20.0 Å². The molecule has 1 aromatic carbocycles. The van der Waals surface area contributed by atoms with E-state index in [0.29, 0.717) is 17.2 Å². The van der Waals surface area contributed by atoms with Gasteiger partial charge in [-0.2, -0.15) is 0 Å². The molecule has 1 saturated heterocycles. The second-order valence-electron chi connectivity index (χ2n) is 6.82. The van der Waals surface area contributed by atoms with Crippen molar-refractivity contribution in [2.45, 2.75) is 13.1 Å². The minimum absolute atomic E-state index is 0.248. The van der Waals surface area contributed by atoms with E-state index >= 15 is 0 Å². The van der Waals surface area contributed by atoms with Crippen molar-refractivity contribution in [3.05, 3.63) is 58.4 Å². The summed E-state index contributed by atoms with van der Waals surface area (Å²) in [6, 6.07) is 11.1. The van der Waals surface area contributed by atoms with Crippen LogP contribution in [0.15, 0.2) is 47.1 Å². The second kappa shape index (κ2) is 9.17. The van der Waals surface area contributed by atoms with E-state index in [2.05, 4.69) is 25.3 Å². The van der Waals surface area contributed by atoms with E-state index in [0.717, 1.165) is 49.2 Å². The molecule has 1 aliphatic rings. The van der Waals surface area contributed by atoms with Crippen LogP contribution in [0.1, 0.15) is 20.6 Å². The van der Waals surface area contributed by atoms with Crippen molar-refractivity contribution in [3.8, 4) is 5.75 Å². The first-order valence-electron chi connectivity index (χ1n) is 9.44. The predicted octanol–water partition coefficient (Wildman–Crippen LogP) is 2.71. The molecule has 1 N–H and O–H groups in total. The molecule has 29 heavy (non-hydrogen) atoms. The third-order valence-electron chi connectivity index (χ3n) is 4.79. The van der Waals surface area contributed by atoms with Gasteiger partial charge in [0.2, 0.25) is 5.01 Å². The Labute approximate surface area is 173 Å². The summed E-state index contributed by atoms with van der Waals surface area (Å²) in [5.41, 5.74) is 0.695. The number of aromatic nitrogens is 2. The van der Waals surface area contributed by atoms with Crippen molar-refractivity contribution in [1.29, 1.82) is 0 Å². The van der Waals surface area contributed by atoms with Crippen LogP contribution in [0.4, 0.5) is 5.69 Å². The van der Waals surface area contributed by atoms with E-state index in [9.17, 15) is 4.79 Å². The maximum absolute atomic E-state index is 12.4. The van der Waals surface area contributed by atoms with E-state index in [1.165, 1.54) is 11.3 Å². The number of nitrogens with zero attached hydrogens (tertiary/aromatic N) is 4. The number of ether oxygens (including phenoxy) is 1. The highest BCUT2D eigenvalue weighted by Gasteiger charge is 2.20. The summed E-state index contributed by atoms with van der Waals surface area (Å²) in [5, 5.41) is 12.3. The molecule has 0 unspecified atom stereocenters. The molecule has 0 aliphatic carbocycles. The van der Waals surface area contributed by atoms with E-state index < -0.39 is 0 Å². The Morgan fingerprint density at radius 3 is 2.48 bits per heavy atom. The van der Waals surface area contributed by atoms with Crippen molar-refractivity contribution in [2.75, 3.05) is 38.6 Å². The molecule has 1 amide bonds. The SMILES string of the molecule is COc1ccc(NC(=O)c2nnc(CN3CCN(Cc4ccco4)CC3)s2)cc1. The van der Waals surface area contributed by atoms with Crippen LogP contribution in [0.5, 0.6) is 5.75 Å². The first-order chi connectivity index (χ1) is 14.2. The third kappa shape index (κ3) is 5.20. The Hall–Kier alpha value is -2.75. The second-order valence-corrected chi connectivity index (χ2v) is 7.88. The number of furan rings is 1. The summed E-state index contributed by atoms with van der Waals surface area (Å²) in [5.74, 6) is 1.49. The number of nitrogens with one attached hydrogen (secondary N) is 1. The Morgan fingerprint density at radius 1 is 1.10 bits per heavy atom. The average molecular weight is 414 g/mol. The van der Waals surface area contributed by atoms with Gasteiger partial charge in [0, 0.05) is 31.9 Å². The fourth-order valence-corrected chi connectivity index (χ4v) is 3.97. The molecule has 1 fully saturated rings. The molecule has 0 saturated carbocycles. The molecule has 3 heterocycles. The van der Waals surface area contributed by atoms with Gasteiger partial charge in [-0.1, -0.05) is 11.3 Å². The Bertz CT molecular complexity index is 918. The first-order valence-corrected chi connectivity index (χ1v) is 10.3. The number of benzene rings is 1. The Morgan fingerprint density at radius 2 is 1.83 bits per heavy atom. The number of piperazine rings is 1. The maximum Gasteiger partial charge on any atom is 0.286 e. The van der Waals surface area contributed by atoms with Gasteiger partial charge in [-0.15, -0.1) is 10.2 Å². The van der Waals surface area contributed by atoms with Crippen LogP contribution in [-0.2, 0) is 13.1 Å². The highest BCUT2D eigenvalue weighted by Crippen LogP contribution is 2.18. The lowest BCUT2D eigenvalue weighted by molar-refractivity contribution is 0.102. The molecular weight excluding hydrogens is 390 g/mol. The molecule has 4 rings (SSSR count). The highest BCUT2D eigenvalue weighted by atomic mass is 32.1. The number of hydrogen-bond acceptors (Lipinski definition) is 8. The number of carbonyl (C=O) groups is 1. The molecule has 0 bridgehead atoms. The summed E-state index contributed by atoms with van der Waals surface area (Å²) in [4.78, 5) is 17.1. The molecular formula is C20H23N5O3S. The summed E-state index contributed by atoms with van der Waals surface area (Å²) in [6.07, 6.45) is 1.71. The fraction of sp³-hybridized carbons (Fsp3) is 0.350. The van der Waals surface area contributed by atoms with Crippen LogP contribution in [0.25, 0.3) is 0 Å². The van der Waals surface area contributed by atoms with E-state index in [1.807, 2.05) is 12.1 Å². The zero-order valence-electron chi connectivity index (χ0n) is 16.2. The topological polar surface area (TPSA) is 83.7 Å². The number of carbonyl (C=O) groups excluding carboxylic acids is 1. The monoisotopic (exact) mass is 413 g/mol. The minimum atomic E-state index is -0.248. The van der Waals surface area contributed by atoms with Gasteiger partial charge in [-0.25, -0.2) is 0 Å². The van der Waals surface area contributed by atoms with Gasteiger partial charge < -0.3 is 14.5 Å². The lowest BCUT2D eigenvalue weighted by Gasteiger charge is -2.33. The van der Waals surface area contributed by atoms with Crippen molar-refractivity contribution in [2.24, 2.45) is 0 Å². The molecule has 0 spiro atoms. The first kappa shape index (κ1) is 19.6. The van der Waals surface area contributed by atoms with Crippen LogP contribution < -0.4 is 10.1 Å². The van der Waals surface area contributed by atoms with Gasteiger partial charge in [-0.3, -0.25) is 14.6 Å². The summed E-state index contributed by atoms with van der Waals surface area (Å²) in [6.45, 7) is 5.41. The van der Waals surface area contributed by atoms with Crippen molar-refractivity contribution in [3.63, 3.8) is 0 Å². The van der Waals surface area contributed by atoms with Crippen LogP contribution in [0, 0.1) is 0 Å². The highest BCUT2D eigenvalue weighted by molar-refractivity contribution is 7.13. The van der Waals surface area contributed by atoms with E-state index in [1.54, 1.807) is 37.6 Å². The maximum atomic E-state index is 12.4. The summed E-state index contributed by atoms with van der Waals surface area (Å²) in [7, 11) is 1.61. The van der Waals surface area contributed by atoms with Gasteiger partial charge in [0.25, 0.3) is 5.91 Å². The van der Waals surface area contributed by atoms with E-state index in [-0.39, 0.29) is 5.91 Å². The molecule has 0 atom stereocenters. The quantitative estimate of drug-likeness (QED) is 0.638. The number of hydrogen-bond donors (Lipinski definition) is 1. The van der Waals surface area contributed by atoms with Gasteiger partial charge in [0.15, 0.2) is 0 Å². The summed E-state index contributed by atoms with van der Waals surface area (Å²) < 4.78 is 10.5. The normalized spacial score (nSPS) is 15.3. The predicted molar refractivity (Wildman–Crippen MR) is 110 cm³/mol. The third-order valence-corrected chi connectivity index (χ3v) is 5.70. The van der Waals surface area contributed by atoms with Gasteiger partial charge in [0.05, 0.1) is 26.5 Å². The number of rotatable bonds is 7. The number of amides is 1. The smallest absolute Gasteiger partial charge is 0.286 e. The van der Waals surface area contributed by atoms with Crippen molar-refractivity contribution < 1.29 is 13.9 Å².